The second-order valence-corrected chi connectivity index (χ2v) is 8.45. The van der Waals surface area contributed by atoms with Gasteiger partial charge in [0.05, 0.1) is 5.02 Å². The molecular formula is C27H24Cl2N2O3. The molecule has 0 aliphatic heterocycles. The Labute approximate surface area is 209 Å². The number of aryl methyl sites for hydroxylation is 2. The third kappa shape index (κ3) is 7.02. The van der Waals surface area contributed by atoms with E-state index in [0.717, 1.165) is 22.4 Å². The van der Waals surface area contributed by atoms with Gasteiger partial charge in [-0.05, 0) is 49.2 Å². The van der Waals surface area contributed by atoms with Crippen LogP contribution in [0.1, 0.15) is 22.3 Å². The van der Waals surface area contributed by atoms with Crippen molar-refractivity contribution in [3.63, 3.8) is 0 Å². The van der Waals surface area contributed by atoms with Gasteiger partial charge in [-0.2, -0.15) is 5.26 Å². The van der Waals surface area contributed by atoms with E-state index in [4.69, 9.17) is 32.7 Å². The van der Waals surface area contributed by atoms with Crippen molar-refractivity contribution >= 4 is 35.2 Å². The first-order valence-electron chi connectivity index (χ1n) is 10.6. The summed E-state index contributed by atoms with van der Waals surface area (Å²) in [7, 11) is 0. The van der Waals surface area contributed by atoms with Crippen molar-refractivity contribution in [1.29, 1.82) is 5.26 Å². The standard InChI is InChI=1S/C27H24Cl2N2O3/c1-18-8-9-25(19(2)12-18)33-10-11-34-26-21(14-23(28)15-24(26)29)13-22(16-30)27(32)31-17-20-6-4-3-5-7-20/h3-9,12-15H,10-11,17H2,1-2H3,(H,31,32)/b22-13+. The summed E-state index contributed by atoms with van der Waals surface area (Å²) in [5.74, 6) is 0.587. The van der Waals surface area contributed by atoms with E-state index in [0.29, 0.717) is 22.9 Å². The van der Waals surface area contributed by atoms with Gasteiger partial charge in [0.2, 0.25) is 0 Å². The lowest BCUT2D eigenvalue weighted by atomic mass is 10.1. The molecule has 0 spiro atoms. The van der Waals surface area contributed by atoms with Gasteiger partial charge in [-0.25, -0.2) is 0 Å². The maximum atomic E-state index is 12.6. The monoisotopic (exact) mass is 494 g/mol. The van der Waals surface area contributed by atoms with Crippen LogP contribution in [0.4, 0.5) is 0 Å². The molecule has 3 rings (SSSR count). The van der Waals surface area contributed by atoms with E-state index in [-0.39, 0.29) is 23.8 Å². The number of carbonyl (C=O) groups is 1. The zero-order chi connectivity index (χ0) is 24.5. The first-order chi connectivity index (χ1) is 16.4. The van der Waals surface area contributed by atoms with E-state index < -0.39 is 5.91 Å². The van der Waals surface area contributed by atoms with Crippen molar-refractivity contribution < 1.29 is 14.3 Å². The van der Waals surface area contributed by atoms with Crippen LogP contribution in [-0.2, 0) is 11.3 Å². The number of rotatable bonds is 9. The average molecular weight is 495 g/mol. The lowest BCUT2D eigenvalue weighted by Crippen LogP contribution is -2.23. The Morgan fingerprint density at radius 1 is 1.03 bits per heavy atom. The molecule has 0 aliphatic carbocycles. The number of hydrogen-bond donors (Lipinski definition) is 1. The molecule has 0 atom stereocenters. The Kier molecular flexibility index (Phi) is 8.98. The van der Waals surface area contributed by atoms with Crippen LogP contribution < -0.4 is 14.8 Å². The summed E-state index contributed by atoms with van der Waals surface area (Å²) < 4.78 is 11.7. The Hall–Kier alpha value is -3.46. The summed E-state index contributed by atoms with van der Waals surface area (Å²) in [5.41, 5.74) is 3.45. The van der Waals surface area contributed by atoms with Crippen LogP contribution in [0.3, 0.4) is 0 Å². The molecule has 1 N–H and O–H groups in total. The van der Waals surface area contributed by atoms with Gasteiger partial charge in [0.25, 0.3) is 5.91 Å². The van der Waals surface area contributed by atoms with Crippen LogP contribution in [0.15, 0.2) is 66.2 Å². The van der Waals surface area contributed by atoms with Gasteiger partial charge in [0.15, 0.2) is 0 Å². The molecule has 0 aliphatic rings. The molecule has 0 unspecified atom stereocenters. The quantitative estimate of drug-likeness (QED) is 0.215. The number of amides is 1. The number of hydrogen-bond acceptors (Lipinski definition) is 4. The largest absolute Gasteiger partial charge is 0.490 e. The fourth-order valence-electron chi connectivity index (χ4n) is 3.27. The molecule has 5 nitrogen and oxygen atoms in total. The zero-order valence-electron chi connectivity index (χ0n) is 18.9. The van der Waals surface area contributed by atoms with Gasteiger partial charge in [-0.15, -0.1) is 0 Å². The van der Waals surface area contributed by atoms with Crippen LogP contribution in [-0.4, -0.2) is 19.1 Å². The van der Waals surface area contributed by atoms with Crippen molar-refractivity contribution in [1.82, 2.24) is 5.32 Å². The minimum atomic E-state index is -0.508. The van der Waals surface area contributed by atoms with E-state index in [1.165, 1.54) is 6.08 Å². The summed E-state index contributed by atoms with van der Waals surface area (Å²) in [4.78, 5) is 12.6. The second-order valence-electron chi connectivity index (χ2n) is 7.61. The first kappa shape index (κ1) is 25.2. The molecule has 3 aromatic carbocycles. The van der Waals surface area contributed by atoms with Crippen LogP contribution in [0.5, 0.6) is 11.5 Å². The third-order valence-corrected chi connectivity index (χ3v) is 5.41. The van der Waals surface area contributed by atoms with Crippen LogP contribution in [0, 0.1) is 25.2 Å². The maximum absolute atomic E-state index is 12.6. The van der Waals surface area contributed by atoms with E-state index in [1.807, 2.05) is 68.4 Å². The van der Waals surface area contributed by atoms with Gasteiger partial charge in [-0.3, -0.25) is 4.79 Å². The lowest BCUT2D eigenvalue weighted by molar-refractivity contribution is -0.117. The van der Waals surface area contributed by atoms with E-state index >= 15 is 0 Å². The fourth-order valence-corrected chi connectivity index (χ4v) is 3.84. The highest BCUT2D eigenvalue weighted by Gasteiger charge is 2.14. The molecule has 0 aromatic heterocycles. The fraction of sp³-hybridized carbons (Fsp3) is 0.185. The summed E-state index contributed by atoms with van der Waals surface area (Å²) in [6.07, 6.45) is 1.42. The van der Waals surface area contributed by atoms with E-state index in [9.17, 15) is 10.1 Å². The van der Waals surface area contributed by atoms with E-state index in [1.54, 1.807) is 12.1 Å². The van der Waals surface area contributed by atoms with Crippen LogP contribution in [0.25, 0.3) is 6.08 Å². The molecule has 1 amide bonds. The molecule has 0 saturated heterocycles. The predicted octanol–water partition coefficient (Wildman–Crippen LogP) is 6.29. The zero-order valence-corrected chi connectivity index (χ0v) is 20.4. The minimum absolute atomic E-state index is 0.0920. The van der Waals surface area contributed by atoms with Crippen LogP contribution >= 0.6 is 23.2 Å². The number of ether oxygens (including phenoxy) is 2. The highest BCUT2D eigenvalue weighted by molar-refractivity contribution is 6.36. The SMILES string of the molecule is Cc1ccc(OCCOc2c(Cl)cc(Cl)cc2/C=C(\C#N)C(=O)NCc2ccccc2)c(C)c1. The average Bonchev–Trinajstić information content (AvgIpc) is 2.81. The van der Waals surface area contributed by atoms with Crippen molar-refractivity contribution in [2.45, 2.75) is 20.4 Å². The predicted molar refractivity (Wildman–Crippen MR) is 135 cm³/mol. The summed E-state index contributed by atoms with van der Waals surface area (Å²) in [6, 6.07) is 20.4. The molecule has 34 heavy (non-hydrogen) atoms. The van der Waals surface area contributed by atoms with E-state index in [2.05, 4.69) is 5.32 Å². The Morgan fingerprint density at radius 2 is 1.76 bits per heavy atom. The Balaban J connectivity index is 1.71. The topological polar surface area (TPSA) is 71.3 Å². The summed E-state index contributed by atoms with van der Waals surface area (Å²) >= 11 is 12.5. The first-order valence-corrected chi connectivity index (χ1v) is 11.4. The van der Waals surface area contributed by atoms with Gasteiger partial charge >= 0.3 is 0 Å². The highest BCUT2D eigenvalue weighted by Crippen LogP contribution is 2.34. The smallest absolute Gasteiger partial charge is 0.262 e. The molecule has 3 aromatic rings. The molecular weight excluding hydrogens is 471 g/mol. The van der Waals surface area contributed by atoms with Crippen molar-refractivity contribution in [3.05, 3.63) is 98.5 Å². The number of benzene rings is 3. The number of nitrogens with one attached hydrogen (secondary N) is 1. The Bertz CT molecular complexity index is 1230. The molecule has 0 heterocycles. The second kappa shape index (κ2) is 12.1. The van der Waals surface area contributed by atoms with Gasteiger partial charge < -0.3 is 14.8 Å². The Morgan fingerprint density at radius 3 is 2.47 bits per heavy atom. The van der Waals surface area contributed by atoms with Crippen molar-refractivity contribution in [2.75, 3.05) is 13.2 Å². The number of nitriles is 1. The third-order valence-electron chi connectivity index (χ3n) is 4.92. The van der Waals surface area contributed by atoms with Crippen molar-refractivity contribution in [3.8, 4) is 17.6 Å². The molecule has 174 valence electrons. The van der Waals surface area contributed by atoms with Gasteiger partial charge in [0.1, 0.15) is 36.4 Å². The molecule has 0 radical (unpaired) electrons. The molecule has 0 saturated carbocycles. The number of nitrogens with zero attached hydrogens (tertiary/aromatic N) is 1. The van der Waals surface area contributed by atoms with Gasteiger partial charge in [-0.1, -0.05) is 71.2 Å². The normalized spacial score (nSPS) is 11.0. The molecule has 0 bridgehead atoms. The lowest BCUT2D eigenvalue weighted by Gasteiger charge is -2.14. The summed E-state index contributed by atoms with van der Waals surface area (Å²) in [6.45, 7) is 4.80. The highest BCUT2D eigenvalue weighted by atomic mass is 35.5. The number of halogens is 2. The van der Waals surface area contributed by atoms with Gasteiger partial charge in [0, 0.05) is 17.1 Å². The molecule has 0 fully saturated rings. The maximum Gasteiger partial charge on any atom is 0.262 e. The number of carbonyl (C=O) groups excluding carboxylic acids is 1. The van der Waals surface area contributed by atoms with Crippen molar-refractivity contribution in [2.24, 2.45) is 0 Å². The summed E-state index contributed by atoms with van der Waals surface area (Å²) in [5, 5.41) is 12.9. The van der Waals surface area contributed by atoms with Crippen LogP contribution in [0.2, 0.25) is 10.0 Å². The minimum Gasteiger partial charge on any atom is -0.490 e. The molecule has 7 heteroatoms.